The molecule has 0 radical (unpaired) electrons. The van der Waals surface area contributed by atoms with Crippen molar-refractivity contribution >= 4 is 5.91 Å². The molecule has 0 aromatic carbocycles. The summed E-state index contributed by atoms with van der Waals surface area (Å²) in [6.45, 7) is 11.7. The van der Waals surface area contributed by atoms with E-state index in [0.29, 0.717) is 0 Å². The Morgan fingerprint density at radius 2 is 2.08 bits per heavy atom. The predicted octanol–water partition coefficient (Wildman–Crippen LogP) is 3.77. The molecule has 1 aliphatic rings. The van der Waals surface area contributed by atoms with E-state index in [4.69, 9.17) is 4.98 Å². The molecule has 1 aliphatic heterocycles. The van der Waals surface area contributed by atoms with Crippen LogP contribution in [0.1, 0.15) is 64.5 Å². The summed E-state index contributed by atoms with van der Waals surface area (Å²) in [5.74, 6) is 0.919. The molecule has 2 aromatic rings. The topological polar surface area (TPSA) is 63.9 Å². The van der Waals surface area contributed by atoms with Crippen molar-refractivity contribution in [2.45, 2.75) is 66.5 Å². The lowest BCUT2D eigenvalue weighted by molar-refractivity contribution is -0.140. The standard InChI is InChI=1S/C20H29N5O/c1-6-11-25-16(9-10-21-25)15-13-14(2)22-18(23-15)17-8-7-12-24(17)19(26)20(3,4)5/h9-10,13,17H,6-8,11-12H2,1-5H3. The van der Waals surface area contributed by atoms with Gasteiger partial charge in [-0.1, -0.05) is 27.7 Å². The minimum atomic E-state index is -0.394. The Balaban J connectivity index is 1.97. The molecule has 1 atom stereocenters. The van der Waals surface area contributed by atoms with Crippen LogP contribution < -0.4 is 0 Å². The fraction of sp³-hybridized carbons (Fsp3) is 0.600. The molecule has 3 heterocycles. The number of hydrogen-bond acceptors (Lipinski definition) is 4. The fourth-order valence-electron chi connectivity index (χ4n) is 3.52. The maximum atomic E-state index is 12.8. The lowest BCUT2D eigenvalue weighted by Gasteiger charge is -2.30. The van der Waals surface area contributed by atoms with E-state index in [1.165, 1.54) is 0 Å². The molecule has 6 heteroatoms. The smallest absolute Gasteiger partial charge is 0.228 e. The van der Waals surface area contributed by atoms with Gasteiger partial charge in [-0.05, 0) is 38.3 Å². The zero-order valence-electron chi connectivity index (χ0n) is 16.5. The largest absolute Gasteiger partial charge is 0.332 e. The molecule has 1 unspecified atom stereocenters. The SMILES string of the molecule is CCCn1nccc1-c1cc(C)nc(C2CCCN2C(=O)C(C)(C)C)n1. The van der Waals surface area contributed by atoms with Crippen LogP contribution in [0.3, 0.4) is 0 Å². The molecule has 6 nitrogen and oxygen atoms in total. The second-order valence-corrected chi connectivity index (χ2v) is 8.10. The predicted molar refractivity (Wildman–Crippen MR) is 101 cm³/mol. The summed E-state index contributed by atoms with van der Waals surface area (Å²) in [6, 6.07) is 3.95. The van der Waals surface area contributed by atoms with Crippen LogP contribution >= 0.6 is 0 Å². The van der Waals surface area contributed by atoms with Gasteiger partial charge in [0.05, 0.1) is 17.4 Å². The van der Waals surface area contributed by atoms with E-state index < -0.39 is 5.41 Å². The second kappa shape index (κ2) is 7.17. The van der Waals surface area contributed by atoms with Crippen molar-refractivity contribution in [2.24, 2.45) is 5.41 Å². The van der Waals surface area contributed by atoms with Gasteiger partial charge in [-0.25, -0.2) is 9.97 Å². The molecule has 140 valence electrons. The van der Waals surface area contributed by atoms with Crippen molar-refractivity contribution in [1.29, 1.82) is 0 Å². The molecule has 3 rings (SSSR count). The molecule has 26 heavy (non-hydrogen) atoms. The van der Waals surface area contributed by atoms with Crippen LogP contribution in [0, 0.1) is 12.3 Å². The van der Waals surface area contributed by atoms with Gasteiger partial charge in [0.25, 0.3) is 0 Å². The number of aryl methyl sites for hydroxylation is 2. The first-order chi connectivity index (χ1) is 12.3. The highest BCUT2D eigenvalue weighted by molar-refractivity contribution is 5.82. The monoisotopic (exact) mass is 355 g/mol. The fourth-order valence-corrected chi connectivity index (χ4v) is 3.52. The van der Waals surface area contributed by atoms with E-state index in [2.05, 4.69) is 17.0 Å². The summed E-state index contributed by atoms with van der Waals surface area (Å²) in [6.07, 6.45) is 4.74. The van der Waals surface area contributed by atoms with Crippen LogP contribution in [0.25, 0.3) is 11.4 Å². The Hall–Kier alpha value is -2.24. The molecule has 1 fully saturated rings. The summed E-state index contributed by atoms with van der Waals surface area (Å²) in [5.41, 5.74) is 2.41. The molecule has 0 saturated carbocycles. The highest BCUT2D eigenvalue weighted by Gasteiger charge is 2.37. The maximum Gasteiger partial charge on any atom is 0.228 e. The van der Waals surface area contributed by atoms with E-state index in [9.17, 15) is 4.79 Å². The van der Waals surface area contributed by atoms with Gasteiger partial charge in [0.2, 0.25) is 5.91 Å². The van der Waals surface area contributed by atoms with Crippen molar-refractivity contribution in [3.63, 3.8) is 0 Å². The maximum absolute atomic E-state index is 12.8. The number of amides is 1. The average Bonchev–Trinajstić information content (AvgIpc) is 3.22. The van der Waals surface area contributed by atoms with E-state index >= 15 is 0 Å². The summed E-state index contributed by atoms with van der Waals surface area (Å²) in [7, 11) is 0. The molecule has 0 spiro atoms. The lowest BCUT2D eigenvalue weighted by Crippen LogP contribution is -2.39. The highest BCUT2D eigenvalue weighted by atomic mass is 16.2. The van der Waals surface area contributed by atoms with E-state index in [0.717, 1.165) is 55.3 Å². The van der Waals surface area contributed by atoms with Crippen molar-refractivity contribution in [2.75, 3.05) is 6.54 Å². The first-order valence-corrected chi connectivity index (χ1v) is 9.50. The third-order valence-electron chi connectivity index (χ3n) is 4.74. The van der Waals surface area contributed by atoms with Crippen LogP contribution in [-0.4, -0.2) is 37.1 Å². The normalized spacial score (nSPS) is 17.7. The average molecular weight is 355 g/mol. The first-order valence-electron chi connectivity index (χ1n) is 9.50. The van der Waals surface area contributed by atoms with E-state index in [-0.39, 0.29) is 11.9 Å². The minimum absolute atomic E-state index is 0.0390. The van der Waals surface area contributed by atoms with Gasteiger partial charge in [-0.15, -0.1) is 0 Å². The quantitative estimate of drug-likeness (QED) is 0.837. The van der Waals surface area contributed by atoms with Gasteiger partial charge in [-0.2, -0.15) is 5.10 Å². The van der Waals surface area contributed by atoms with Gasteiger partial charge in [0.1, 0.15) is 0 Å². The number of aromatic nitrogens is 4. The molecule has 0 aliphatic carbocycles. The molecule has 0 N–H and O–H groups in total. The Morgan fingerprint density at radius 3 is 2.77 bits per heavy atom. The van der Waals surface area contributed by atoms with Gasteiger partial charge >= 0.3 is 0 Å². The van der Waals surface area contributed by atoms with Gasteiger partial charge in [-0.3, -0.25) is 9.48 Å². The third kappa shape index (κ3) is 3.64. The highest BCUT2D eigenvalue weighted by Crippen LogP contribution is 2.34. The van der Waals surface area contributed by atoms with Crippen LogP contribution in [0.4, 0.5) is 0 Å². The van der Waals surface area contributed by atoms with Crippen LogP contribution in [-0.2, 0) is 11.3 Å². The Bertz CT molecular complexity index is 790. The number of carbonyl (C=O) groups excluding carboxylic acids is 1. The Morgan fingerprint density at radius 1 is 1.31 bits per heavy atom. The van der Waals surface area contributed by atoms with Crippen molar-refractivity contribution < 1.29 is 4.79 Å². The summed E-state index contributed by atoms with van der Waals surface area (Å²) < 4.78 is 1.98. The molecule has 1 saturated heterocycles. The summed E-state index contributed by atoms with van der Waals surface area (Å²) in [5, 5.41) is 4.41. The summed E-state index contributed by atoms with van der Waals surface area (Å²) >= 11 is 0. The number of nitrogens with zero attached hydrogens (tertiary/aromatic N) is 5. The number of hydrogen-bond donors (Lipinski definition) is 0. The van der Waals surface area contributed by atoms with Crippen molar-refractivity contribution in [1.82, 2.24) is 24.6 Å². The van der Waals surface area contributed by atoms with Crippen molar-refractivity contribution in [3.8, 4) is 11.4 Å². The summed E-state index contributed by atoms with van der Waals surface area (Å²) in [4.78, 5) is 24.3. The molecular weight excluding hydrogens is 326 g/mol. The van der Waals surface area contributed by atoms with Crippen LogP contribution in [0.15, 0.2) is 18.3 Å². The van der Waals surface area contributed by atoms with Crippen molar-refractivity contribution in [3.05, 3.63) is 29.8 Å². The number of carbonyl (C=O) groups is 1. The molecular formula is C20H29N5O. The molecule has 0 bridgehead atoms. The number of likely N-dealkylation sites (tertiary alicyclic amines) is 1. The lowest BCUT2D eigenvalue weighted by atomic mass is 9.94. The van der Waals surface area contributed by atoms with Gasteiger partial charge in [0.15, 0.2) is 5.82 Å². The number of rotatable bonds is 4. The van der Waals surface area contributed by atoms with Crippen LogP contribution in [0.5, 0.6) is 0 Å². The minimum Gasteiger partial charge on any atom is -0.332 e. The molecule has 2 aromatic heterocycles. The van der Waals surface area contributed by atoms with Crippen LogP contribution in [0.2, 0.25) is 0 Å². The van der Waals surface area contributed by atoms with Gasteiger partial charge < -0.3 is 4.90 Å². The van der Waals surface area contributed by atoms with Gasteiger partial charge in [0, 0.05) is 30.4 Å². The Labute approximate surface area is 155 Å². The van der Waals surface area contributed by atoms with E-state index in [1.807, 2.05) is 55.6 Å². The molecule has 1 amide bonds. The van der Waals surface area contributed by atoms with E-state index in [1.54, 1.807) is 0 Å². The first kappa shape index (κ1) is 18.5. The third-order valence-corrected chi connectivity index (χ3v) is 4.74. The second-order valence-electron chi connectivity index (χ2n) is 8.10. The Kier molecular flexibility index (Phi) is 5.12. The zero-order chi connectivity index (χ0) is 18.9. The zero-order valence-corrected chi connectivity index (χ0v) is 16.5.